The molecule has 102 valence electrons. The summed E-state index contributed by atoms with van der Waals surface area (Å²) in [6, 6.07) is 7.32. The number of anilines is 1. The number of rotatable bonds is 3. The van der Waals surface area contributed by atoms with E-state index in [9.17, 15) is 14.4 Å². The average Bonchev–Trinajstić information content (AvgIpc) is 2.71. The van der Waals surface area contributed by atoms with Gasteiger partial charge in [0.25, 0.3) is 5.91 Å². The van der Waals surface area contributed by atoms with Crippen molar-refractivity contribution in [2.45, 2.75) is 19.4 Å². The smallest absolute Gasteiger partial charge is 0.253 e. The molecule has 0 bridgehead atoms. The molecule has 1 aromatic carbocycles. The molecule has 1 unspecified atom stereocenters. The lowest BCUT2D eigenvalue weighted by molar-refractivity contribution is -0.122. The van der Waals surface area contributed by atoms with Gasteiger partial charge >= 0.3 is 0 Å². The molecule has 7 nitrogen and oxygen atoms in total. The molecule has 0 spiro atoms. The Hall–Kier alpha value is -2.72. The fraction of sp³-hybridized carbons (Fsp3) is 0.231. The Labute approximate surface area is 115 Å². The van der Waals surface area contributed by atoms with Crippen LogP contribution in [-0.2, 0) is 14.4 Å². The van der Waals surface area contributed by atoms with Crippen molar-refractivity contribution >= 4 is 23.4 Å². The van der Waals surface area contributed by atoms with E-state index in [0.29, 0.717) is 11.3 Å². The second-order valence-corrected chi connectivity index (χ2v) is 4.31. The molecule has 1 fully saturated rings. The topological polar surface area (TPSA) is 102 Å². The molecule has 7 heteroatoms. The van der Waals surface area contributed by atoms with Crippen molar-refractivity contribution in [1.82, 2.24) is 10.9 Å². The maximum absolute atomic E-state index is 12.1. The zero-order valence-electron chi connectivity index (χ0n) is 10.7. The summed E-state index contributed by atoms with van der Waals surface area (Å²) in [5.41, 5.74) is 5.67. The zero-order valence-corrected chi connectivity index (χ0v) is 10.7. The van der Waals surface area contributed by atoms with Crippen LogP contribution in [0.1, 0.15) is 18.9 Å². The number of hydrogen-bond donors (Lipinski definition) is 2. The van der Waals surface area contributed by atoms with E-state index in [1.165, 1.54) is 31.2 Å². The van der Waals surface area contributed by atoms with Gasteiger partial charge in [0.05, 0.1) is 23.7 Å². The van der Waals surface area contributed by atoms with Gasteiger partial charge in [-0.25, -0.2) is 10.3 Å². The Morgan fingerprint density at radius 1 is 1.35 bits per heavy atom. The third-order valence-electron chi connectivity index (χ3n) is 2.82. The molecule has 1 atom stereocenters. The molecule has 1 heterocycles. The molecule has 1 aromatic rings. The van der Waals surface area contributed by atoms with Crippen molar-refractivity contribution < 1.29 is 14.4 Å². The van der Waals surface area contributed by atoms with Gasteiger partial charge in [-0.1, -0.05) is 0 Å². The van der Waals surface area contributed by atoms with Crippen LogP contribution < -0.4 is 15.8 Å². The number of nitriles is 1. The number of benzene rings is 1. The van der Waals surface area contributed by atoms with Gasteiger partial charge in [-0.05, 0) is 24.3 Å². The van der Waals surface area contributed by atoms with E-state index < -0.39 is 11.9 Å². The monoisotopic (exact) mass is 272 g/mol. The molecule has 20 heavy (non-hydrogen) atoms. The number of amides is 3. The number of nitrogens with zero attached hydrogens (tertiary/aromatic N) is 2. The van der Waals surface area contributed by atoms with Gasteiger partial charge in [0.2, 0.25) is 11.8 Å². The molecule has 3 amide bonds. The quantitative estimate of drug-likeness (QED) is 0.587. The highest BCUT2D eigenvalue weighted by molar-refractivity contribution is 6.22. The fourth-order valence-corrected chi connectivity index (χ4v) is 1.89. The van der Waals surface area contributed by atoms with Gasteiger partial charge in [0.1, 0.15) is 6.04 Å². The first-order chi connectivity index (χ1) is 9.52. The second-order valence-electron chi connectivity index (χ2n) is 4.31. The van der Waals surface area contributed by atoms with Crippen molar-refractivity contribution in [3.63, 3.8) is 0 Å². The number of imide groups is 1. The third kappa shape index (κ3) is 2.65. The fourth-order valence-electron chi connectivity index (χ4n) is 1.89. The SMILES string of the molecule is CC(=O)NNC1CC(=O)N(c2ccc(C#N)cc2)C1=O. The van der Waals surface area contributed by atoms with E-state index in [2.05, 4.69) is 10.9 Å². The highest BCUT2D eigenvalue weighted by Crippen LogP contribution is 2.22. The number of hydrogen-bond acceptors (Lipinski definition) is 5. The van der Waals surface area contributed by atoms with Crippen molar-refractivity contribution in [2.24, 2.45) is 0 Å². The Morgan fingerprint density at radius 2 is 2.00 bits per heavy atom. The first kappa shape index (κ1) is 13.7. The van der Waals surface area contributed by atoms with E-state index in [1.807, 2.05) is 6.07 Å². The Kier molecular flexibility index (Phi) is 3.77. The lowest BCUT2D eigenvalue weighted by atomic mass is 10.2. The zero-order chi connectivity index (χ0) is 14.7. The summed E-state index contributed by atoms with van der Waals surface area (Å²) >= 11 is 0. The van der Waals surface area contributed by atoms with E-state index in [4.69, 9.17) is 5.26 Å². The summed E-state index contributed by atoms with van der Waals surface area (Å²) in [6.07, 6.45) is -0.0287. The maximum atomic E-state index is 12.1. The van der Waals surface area contributed by atoms with Gasteiger partial charge < -0.3 is 0 Å². The number of hydrazine groups is 1. The van der Waals surface area contributed by atoms with E-state index in [-0.39, 0.29) is 18.2 Å². The lowest BCUT2D eigenvalue weighted by Crippen LogP contribution is -2.47. The van der Waals surface area contributed by atoms with Crippen LogP contribution in [0.4, 0.5) is 5.69 Å². The largest absolute Gasteiger partial charge is 0.291 e. The van der Waals surface area contributed by atoms with Crippen LogP contribution in [0.3, 0.4) is 0 Å². The van der Waals surface area contributed by atoms with Crippen LogP contribution in [0, 0.1) is 11.3 Å². The molecule has 1 aliphatic rings. The summed E-state index contributed by atoms with van der Waals surface area (Å²) in [4.78, 5) is 35.8. The minimum Gasteiger partial charge on any atom is -0.291 e. The minimum absolute atomic E-state index is 0.0287. The Bertz CT molecular complexity index is 603. The molecule has 2 rings (SSSR count). The average molecular weight is 272 g/mol. The molecule has 0 saturated carbocycles. The summed E-state index contributed by atoms with van der Waals surface area (Å²) in [5.74, 6) is -1.14. The van der Waals surface area contributed by atoms with E-state index >= 15 is 0 Å². The van der Waals surface area contributed by atoms with E-state index in [0.717, 1.165) is 4.90 Å². The van der Waals surface area contributed by atoms with Crippen molar-refractivity contribution in [3.05, 3.63) is 29.8 Å². The summed E-state index contributed by atoms with van der Waals surface area (Å²) in [6.45, 7) is 1.30. The molecule has 1 saturated heterocycles. The minimum atomic E-state index is -0.776. The highest BCUT2D eigenvalue weighted by Gasteiger charge is 2.39. The molecule has 2 N–H and O–H groups in total. The molecule has 0 aromatic heterocycles. The molecular formula is C13H12N4O3. The summed E-state index contributed by atoms with van der Waals surface area (Å²) < 4.78 is 0. The van der Waals surface area contributed by atoms with Gasteiger partial charge in [0, 0.05) is 6.92 Å². The predicted octanol–water partition coefficient (Wildman–Crippen LogP) is -0.169. The van der Waals surface area contributed by atoms with Gasteiger partial charge in [0.15, 0.2) is 0 Å². The van der Waals surface area contributed by atoms with Crippen molar-refractivity contribution in [2.75, 3.05) is 4.90 Å². The van der Waals surface area contributed by atoms with Crippen LogP contribution in [0.5, 0.6) is 0 Å². The molecular weight excluding hydrogens is 260 g/mol. The van der Waals surface area contributed by atoms with Crippen LogP contribution >= 0.6 is 0 Å². The van der Waals surface area contributed by atoms with Crippen LogP contribution in [0.2, 0.25) is 0 Å². The first-order valence-corrected chi connectivity index (χ1v) is 5.92. The molecule has 1 aliphatic heterocycles. The normalized spacial score (nSPS) is 18.0. The predicted molar refractivity (Wildman–Crippen MR) is 69.0 cm³/mol. The first-order valence-electron chi connectivity index (χ1n) is 5.92. The van der Waals surface area contributed by atoms with Gasteiger partial charge in [-0.3, -0.25) is 19.8 Å². The standard InChI is InChI=1S/C13H12N4O3/c1-8(18)15-16-11-6-12(19)17(13(11)20)10-4-2-9(7-14)3-5-10/h2-5,11,16H,6H2,1H3,(H,15,18). The van der Waals surface area contributed by atoms with Gasteiger partial charge in [-0.2, -0.15) is 5.26 Å². The highest BCUT2D eigenvalue weighted by atomic mass is 16.2. The van der Waals surface area contributed by atoms with Crippen molar-refractivity contribution in [1.29, 1.82) is 5.26 Å². The number of carbonyl (C=O) groups excluding carboxylic acids is 3. The Morgan fingerprint density at radius 3 is 2.55 bits per heavy atom. The molecule has 0 radical (unpaired) electrons. The molecule has 0 aliphatic carbocycles. The van der Waals surface area contributed by atoms with Crippen LogP contribution in [0.25, 0.3) is 0 Å². The van der Waals surface area contributed by atoms with E-state index in [1.54, 1.807) is 0 Å². The second kappa shape index (κ2) is 5.50. The number of carbonyl (C=O) groups is 3. The summed E-state index contributed by atoms with van der Waals surface area (Å²) in [7, 11) is 0. The maximum Gasteiger partial charge on any atom is 0.253 e. The third-order valence-corrected chi connectivity index (χ3v) is 2.82. The number of nitrogens with one attached hydrogen (secondary N) is 2. The summed E-state index contributed by atoms with van der Waals surface area (Å²) in [5, 5.41) is 8.71. The van der Waals surface area contributed by atoms with Crippen LogP contribution in [0.15, 0.2) is 24.3 Å². The van der Waals surface area contributed by atoms with Crippen molar-refractivity contribution in [3.8, 4) is 6.07 Å². The Balaban J connectivity index is 2.16. The van der Waals surface area contributed by atoms with Gasteiger partial charge in [-0.15, -0.1) is 0 Å². The van der Waals surface area contributed by atoms with Crippen LogP contribution in [-0.4, -0.2) is 23.8 Å². The lowest BCUT2D eigenvalue weighted by Gasteiger charge is -2.15.